The number of nitrogens with zero attached hydrogens (tertiary/aromatic N) is 1. The van der Waals surface area contributed by atoms with Gasteiger partial charge in [0.05, 0.1) is 0 Å². The van der Waals surface area contributed by atoms with E-state index in [0.717, 1.165) is 6.42 Å². The van der Waals surface area contributed by atoms with Crippen molar-refractivity contribution in [3.05, 3.63) is 12.3 Å². The van der Waals surface area contributed by atoms with E-state index in [9.17, 15) is 0 Å². The molecule has 0 aromatic heterocycles. The molecular formula is C8H14N+. The molecule has 0 spiro atoms. The van der Waals surface area contributed by atoms with Crippen LogP contribution in [-0.2, 0) is 0 Å². The van der Waals surface area contributed by atoms with E-state index in [1.807, 2.05) is 0 Å². The Morgan fingerprint density at radius 3 is 2.22 bits per heavy atom. The van der Waals surface area contributed by atoms with Crippen molar-refractivity contribution in [1.29, 1.82) is 0 Å². The quantitative estimate of drug-likeness (QED) is 0.433. The molecular weight excluding hydrogens is 110 g/mol. The van der Waals surface area contributed by atoms with Gasteiger partial charge in [0, 0.05) is 27.2 Å². The van der Waals surface area contributed by atoms with Crippen molar-refractivity contribution >= 4 is 6.21 Å². The lowest BCUT2D eigenvalue weighted by Gasteiger charge is -2.11. The van der Waals surface area contributed by atoms with Gasteiger partial charge in [-0.25, -0.2) is 4.58 Å². The second-order valence-electron chi connectivity index (χ2n) is 3.38. The number of hydrogen-bond donors (Lipinski definition) is 0. The molecule has 0 aromatic rings. The fraction of sp³-hybridized carbons (Fsp3) is 0.625. The topological polar surface area (TPSA) is 3.01 Å². The molecule has 0 fully saturated rings. The molecule has 1 nitrogen and oxygen atoms in total. The number of rotatable bonds is 0. The molecule has 1 aliphatic heterocycles. The summed E-state index contributed by atoms with van der Waals surface area (Å²) in [5.41, 5.74) is 0.271. The van der Waals surface area contributed by atoms with Gasteiger partial charge in [-0.1, -0.05) is 0 Å². The van der Waals surface area contributed by atoms with Gasteiger partial charge in [-0.3, -0.25) is 0 Å². The van der Waals surface area contributed by atoms with Gasteiger partial charge in [0.1, 0.15) is 6.21 Å². The minimum absolute atomic E-state index is 0.271. The van der Waals surface area contributed by atoms with Crippen LogP contribution >= 0.6 is 0 Å². The average Bonchev–Trinajstić information content (AvgIpc) is 2.08. The fourth-order valence-electron chi connectivity index (χ4n) is 0.907. The third kappa shape index (κ3) is 1.41. The molecule has 0 unspecified atom stereocenters. The van der Waals surface area contributed by atoms with E-state index in [1.165, 1.54) is 0 Å². The van der Waals surface area contributed by atoms with Crippen LogP contribution in [0.15, 0.2) is 12.3 Å². The summed E-state index contributed by atoms with van der Waals surface area (Å²) in [6, 6.07) is 0. The summed E-state index contributed by atoms with van der Waals surface area (Å²) in [6.07, 6.45) is 7.61. The van der Waals surface area contributed by atoms with Crippen LogP contribution in [0.1, 0.15) is 27.2 Å². The SMILES string of the molecule is CC(C)(C)[N+]1=CCC=C1. The normalized spacial score (nSPS) is 18.3. The molecule has 1 heterocycles. The van der Waals surface area contributed by atoms with E-state index in [4.69, 9.17) is 0 Å². The zero-order valence-electron chi connectivity index (χ0n) is 6.39. The average molecular weight is 124 g/mol. The Kier molecular flexibility index (Phi) is 1.43. The van der Waals surface area contributed by atoms with E-state index in [-0.39, 0.29) is 5.54 Å². The molecule has 1 aliphatic rings. The highest BCUT2D eigenvalue weighted by molar-refractivity contribution is 5.56. The Hall–Kier alpha value is -0.590. The molecule has 0 atom stereocenters. The van der Waals surface area contributed by atoms with Crippen molar-refractivity contribution in [2.75, 3.05) is 0 Å². The molecule has 0 bridgehead atoms. The van der Waals surface area contributed by atoms with Crippen molar-refractivity contribution in [2.24, 2.45) is 0 Å². The lowest BCUT2D eigenvalue weighted by molar-refractivity contribution is -0.528. The van der Waals surface area contributed by atoms with Gasteiger partial charge < -0.3 is 0 Å². The molecule has 0 saturated heterocycles. The van der Waals surface area contributed by atoms with Gasteiger partial charge in [0.25, 0.3) is 0 Å². The van der Waals surface area contributed by atoms with Crippen molar-refractivity contribution in [1.82, 2.24) is 0 Å². The maximum Gasteiger partial charge on any atom is 0.165 e. The summed E-state index contributed by atoms with van der Waals surface area (Å²) in [5, 5.41) is 0. The Balaban J connectivity index is 2.73. The van der Waals surface area contributed by atoms with E-state index in [0.29, 0.717) is 0 Å². The molecule has 0 aliphatic carbocycles. The lowest BCUT2D eigenvalue weighted by atomic mass is 10.1. The molecule has 1 heteroatoms. The Morgan fingerprint density at radius 2 is 2.00 bits per heavy atom. The molecule has 0 N–H and O–H groups in total. The minimum Gasteiger partial charge on any atom is -0.204 e. The highest BCUT2D eigenvalue weighted by Crippen LogP contribution is 2.09. The summed E-state index contributed by atoms with van der Waals surface area (Å²) in [6.45, 7) is 6.62. The molecule has 50 valence electrons. The summed E-state index contributed by atoms with van der Waals surface area (Å²) in [7, 11) is 0. The predicted octanol–water partition coefficient (Wildman–Crippen LogP) is 1.79. The summed E-state index contributed by atoms with van der Waals surface area (Å²) in [5.74, 6) is 0. The number of hydrogen-bond acceptors (Lipinski definition) is 0. The van der Waals surface area contributed by atoms with Gasteiger partial charge in [0.2, 0.25) is 0 Å². The van der Waals surface area contributed by atoms with Crippen LogP contribution in [0.25, 0.3) is 0 Å². The van der Waals surface area contributed by atoms with Crippen LogP contribution in [0.2, 0.25) is 0 Å². The predicted molar refractivity (Wildman–Crippen MR) is 39.8 cm³/mol. The van der Waals surface area contributed by atoms with E-state index >= 15 is 0 Å². The van der Waals surface area contributed by atoms with Crippen molar-refractivity contribution < 1.29 is 4.58 Å². The first-order valence-electron chi connectivity index (χ1n) is 3.39. The van der Waals surface area contributed by atoms with Crippen LogP contribution < -0.4 is 0 Å². The van der Waals surface area contributed by atoms with Crippen molar-refractivity contribution in [3.63, 3.8) is 0 Å². The smallest absolute Gasteiger partial charge is 0.165 e. The van der Waals surface area contributed by atoms with Gasteiger partial charge in [-0.15, -0.1) is 0 Å². The Bertz CT molecular complexity index is 158. The monoisotopic (exact) mass is 124 g/mol. The minimum atomic E-state index is 0.271. The number of allylic oxidation sites excluding steroid dienone is 1. The molecule has 0 radical (unpaired) electrons. The van der Waals surface area contributed by atoms with Crippen molar-refractivity contribution in [2.45, 2.75) is 32.7 Å². The zero-order chi connectivity index (χ0) is 6.91. The fourth-order valence-corrected chi connectivity index (χ4v) is 0.907. The first-order valence-corrected chi connectivity index (χ1v) is 3.39. The van der Waals surface area contributed by atoms with Crippen LogP contribution in [0, 0.1) is 0 Å². The van der Waals surface area contributed by atoms with Crippen LogP contribution in [0.3, 0.4) is 0 Å². The van der Waals surface area contributed by atoms with E-state index in [1.54, 1.807) is 0 Å². The summed E-state index contributed by atoms with van der Waals surface area (Å²) >= 11 is 0. The zero-order valence-corrected chi connectivity index (χ0v) is 6.39. The Labute approximate surface area is 56.7 Å². The second kappa shape index (κ2) is 1.98. The van der Waals surface area contributed by atoms with Crippen molar-refractivity contribution in [3.8, 4) is 0 Å². The van der Waals surface area contributed by atoms with Gasteiger partial charge in [-0.05, 0) is 6.08 Å². The third-order valence-electron chi connectivity index (χ3n) is 1.48. The van der Waals surface area contributed by atoms with Gasteiger partial charge in [0.15, 0.2) is 11.7 Å². The third-order valence-corrected chi connectivity index (χ3v) is 1.48. The maximum absolute atomic E-state index is 2.24. The molecule has 0 saturated carbocycles. The van der Waals surface area contributed by atoms with E-state index < -0.39 is 0 Å². The maximum atomic E-state index is 2.24. The summed E-state index contributed by atoms with van der Waals surface area (Å²) < 4.78 is 2.24. The molecule has 9 heavy (non-hydrogen) atoms. The molecule has 1 rings (SSSR count). The first kappa shape index (κ1) is 6.53. The van der Waals surface area contributed by atoms with Gasteiger partial charge >= 0.3 is 0 Å². The summed E-state index contributed by atoms with van der Waals surface area (Å²) in [4.78, 5) is 0. The first-order chi connectivity index (χ1) is 4.11. The molecule has 0 amide bonds. The standard InChI is InChI=1S/C8H14N/c1-8(2,3)9-6-4-5-7-9/h4,6-7H,5H2,1-3H3/q+1. The van der Waals surface area contributed by atoms with Crippen LogP contribution in [0.4, 0.5) is 0 Å². The molecule has 0 aromatic carbocycles. The highest BCUT2D eigenvalue weighted by Gasteiger charge is 2.22. The van der Waals surface area contributed by atoms with Gasteiger partial charge in [-0.2, -0.15) is 0 Å². The largest absolute Gasteiger partial charge is 0.204 e. The van der Waals surface area contributed by atoms with Crippen LogP contribution in [-0.4, -0.2) is 16.3 Å². The lowest BCUT2D eigenvalue weighted by Crippen LogP contribution is -2.27. The highest BCUT2D eigenvalue weighted by atomic mass is 15.1. The van der Waals surface area contributed by atoms with E-state index in [2.05, 4.69) is 43.8 Å². The Morgan fingerprint density at radius 1 is 1.33 bits per heavy atom. The second-order valence-corrected chi connectivity index (χ2v) is 3.38. The van der Waals surface area contributed by atoms with Crippen LogP contribution in [0.5, 0.6) is 0 Å².